The summed E-state index contributed by atoms with van der Waals surface area (Å²) >= 11 is 4.45. The second kappa shape index (κ2) is 8.70. The molecule has 0 amide bonds. The number of carbonyl (C=O) groups is 1. The van der Waals surface area contributed by atoms with E-state index in [1.165, 1.54) is 12.1 Å². The molecule has 0 fully saturated rings. The molecule has 134 valence electrons. The van der Waals surface area contributed by atoms with Crippen LogP contribution < -0.4 is 0 Å². The van der Waals surface area contributed by atoms with Gasteiger partial charge in [0.05, 0.1) is 9.82 Å². The van der Waals surface area contributed by atoms with Gasteiger partial charge in [0, 0.05) is 28.5 Å². The molecule has 0 aliphatic rings. The zero-order valence-electron chi connectivity index (χ0n) is 13.8. The van der Waals surface area contributed by atoms with Gasteiger partial charge in [-0.05, 0) is 47.7 Å². The van der Waals surface area contributed by atoms with Crippen LogP contribution in [-0.2, 0) is 0 Å². The number of aromatic nitrogens is 2. The SMILES string of the molecule is O=C(/C=C\c1ccc(Sc2ncccn2)c([N+](=O)[O-])c1)c1ccccc1Br. The van der Waals surface area contributed by atoms with Gasteiger partial charge in [0.1, 0.15) is 0 Å². The number of nitro groups is 1. The van der Waals surface area contributed by atoms with Gasteiger partial charge in [-0.2, -0.15) is 0 Å². The van der Waals surface area contributed by atoms with Crippen LogP contribution in [0.1, 0.15) is 15.9 Å². The van der Waals surface area contributed by atoms with E-state index in [0.717, 1.165) is 11.8 Å². The average Bonchev–Trinajstić information content (AvgIpc) is 2.68. The van der Waals surface area contributed by atoms with E-state index in [1.54, 1.807) is 54.9 Å². The van der Waals surface area contributed by atoms with Crippen molar-refractivity contribution in [2.45, 2.75) is 10.1 Å². The summed E-state index contributed by atoms with van der Waals surface area (Å²) in [5.41, 5.74) is 1.01. The molecule has 1 aromatic heterocycles. The van der Waals surface area contributed by atoms with Crippen molar-refractivity contribution in [1.82, 2.24) is 9.97 Å². The molecule has 0 saturated carbocycles. The minimum Gasteiger partial charge on any atom is -0.289 e. The first-order valence-corrected chi connectivity index (χ1v) is 9.36. The summed E-state index contributed by atoms with van der Waals surface area (Å²) in [5, 5.41) is 11.8. The monoisotopic (exact) mass is 441 g/mol. The van der Waals surface area contributed by atoms with Gasteiger partial charge in [0.2, 0.25) is 0 Å². The summed E-state index contributed by atoms with van der Waals surface area (Å²) in [6.45, 7) is 0. The van der Waals surface area contributed by atoms with E-state index in [9.17, 15) is 14.9 Å². The molecule has 0 N–H and O–H groups in total. The van der Waals surface area contributed by atoms with Gasteiger partial charge in [0.25, 0.3) is 5.69 Å². The number of allylic oxidation sites excluding steroid dienone is 1. The van der Waals surface area contributed by atoms with Crippen molar-refractivity contribution in [3.63, 3.8) is 0 Å². The van der Waals surface area contributed by atoms with Gasteiger partial charge in [-0.25, -0.2) is 9.97 Å². The summed E-state index contributed by atoms with van der Waals surface area (Å²) in [6, 6.07) is 13.5. The summed E-state index contributed by atoms with van der Waals surface area (Å²) < 4.78 is 0.695. The van der Waals surface area contributed by atoms with Gasteiger partial charge in [0.15, 0.2) is 10.9 Å². The van der Waals surface area contributed by atoms with Gasteiger partial charge >= 0.3 is 0 Å². The van der Waals surface area contributed by atoms with Crippen LogP contribution in [0.15, 0.2) is 81.5 Å². The maximum absolute atomic E-state index is 12.3. The molecule has 3 rings (SSSR count). The minimum absolute atomic E-state index is 0.0667. The molecule has 1 heterocycles. The molecule has 0 spiro atoms. The maximum atomic E-state index is 12.3. The van der Waals surface area contributed by atoms with Crippen molar-refractivity contribution in [2.24, 2.45) is 0 Å². The second-order valence-corrected chi connectivity index (χ2v) is 7.16. The number of hydrogen-bond acceptors (Lipinski definition) is 6. The van der Waals surface area contributed by atoms with E-state index in [-0.39, 0.29) is 11.5 Å². The van der Waals surface area contributed by atoms with Crippen LogP contribution in [0, 0.1) is 10.1 Å². The quantitative estimate of drug-likeness (QED) is 0.172. The summed E-state index contributed by atoms with van der Waals surface area (Å²) in [5.74, 6) is -0.193. The lowest BCUT2D eigenvalue weighted by Gasteiger charge is -2.03. The Bertz CT molecular complexity index is 1030. The summed E-state index contributed by atoms with van der Waals surface area (Å²) in [7, 11) is 0. The number of rotatable bonds is 6. The first-order valence-electron chi connectivity index (χ1n) is 7.75. The number of carbonyl (C=O) groups excluding carboxylic acids is 1. The standard InChI is InChI=1S/C19H12BrN3O3S/c20-15-5-2-1-4-14(15)17(24)8-6-13-7-9-18(16(12-13)23(25)26)27-19-21-10-3-11-22-19/h1-12H/b8-6-. The van der Waals surface area contributed by atoms with Crippen molar-refractivity contribution in [1.29, 1.82) is 0 Å². The van der Waals surface area contributed by atoms with Gasteiger partial charge in [-0.15, -0.1) is 0 Å². The fraction of sp³-hybridized carbons (Fsp3) is 0. The number of hydrogen-bond donors (Lipinski definition) is 0. The number of ketones is 1. The van der Waals surface area contributed by atoms with Crippen LogP contribution in [0.5, 0.6) is 0 Å². The first-order chi connectivity index (χ1) is 13.0. The molecule has 8 heteroatoms. The van der Waals surface area contributed by atoms with Crippen LogP contribution in [0.3, 0.4) is 0 Å². The predicted octanol–water partition coefficient (Wildman–Crippen LogP) is 5.19. The molecule has 0 unspecified atom stereocenters. The molecule has 0 radical (unpaired) electrons. The van der Waals surface area contributed by atoms with E-state index in [0.29, 0.717) is 25.7 Å². The van der Waals surface area contributed by atoms with E-state index >= 15 is 0 Å². The molecule has 0 aliphatic heterocycles. The van der Waals surface area contributed by atoms with Gasteiger partial charge in [-0.3, -0.25) is 14.9 Å². The zero-order chi connectivity index (χ0) is 19.2. The number of benzene rings is 2. The van der Waals surface area contributed by atoms with E-state index in [1.807, 2.05) is 6.07 Å². The number of halogens is 1. The molecule has 0 aliphatic carbocycles. The van der Waals surface area contributed by atoms with Crippen LogP contribution >= 0.6 is 27.7 Å². The lowest BCUT2D eigenvalue weighted by Crippen LogP contribution is -1.95. The predicted molar refractivity (Wildman–Crippen MR) is 107 cm³/mol. The van der Waals surface area contributed by atoms with Crippen molar-refractivity contribution in [3.05, 3.63) is 92.7 Å². The lowest BCUT2D eigenvalue weighted by atomic mass is 10.1. The molecule has 6 nitrogen and oxygen atoms in total. The van der Waals surface area contributed by atoms with E-state index in [4.69, 9.17) is 0 Å². The van der Waals surface area contributed by atoms with Gasteiger partial charge < -0.3 is 0 Å². The van der Waals surface area contributed by atoms with Crippen LogP contribution in [0.2, 0.25) is 0 Å². The third-order valence-corrected chi connectivity index (χ3v) is 5.14. The molecule has 0 bridgehead atoms. The molecule has 3 aromatic rings. The number of nitro benzene ring substituents is 1. The first kappa shape index (κ1) is 18.9. The molecule has 2 aromatic carbocycles. The van der Waals surface area contributed by atoms with Crippen molar-refractivity contribution in [2.75, 3.05) is 0 Å². The fourth-order valence-electron chi connectivity index (χ4n) is 2.23. The third-order valence-electron chi connectivity index (χ3n) is 3.49. The van der Waals surface area contributed by atoms with Crippen LogP contribution in [0.25, 0.3) is 6.08 Å². The Hall–Kier alpha value is -2.84. The molecular formula is C19H12BrN3O3S. The highest BCUT2D eigenvalue weighted by molar-refractivity contribution is 9.10. The molecule has 0 atom stereocenters. The highest BCUT2D eigenvalue weighted by Crippen LogP contribution is 2.33. The lowest BCUT2D eigenvalue weighted by molar-refractivity contribution is -0.387. The normalized spacial score (nSPS) is 10.9. The van der Waals surface area contributed by atoms with E-state index in [2.05, 4.69) is 25.9 Å². The fourth-order valence-corrected chi connectivity index (χ4v) is 3.50. The molecule has 0 saturated heterocycles. The van der Waals surface area contributed by atoms with Crippen molar-refractivity contribution >= 4 is 45.2 Å². The second-order valence-electron chi connectivity index (χ2n) is 5.30. The van der Waals surface area contributed by atoms with Crippen molar-refractivity contribution in [3.8, 4) is 0 Å². The zero-order valence-corrected chi connectivity index (χ0v) is 16.2. The highest BCUT2D eigenvalue weighted by Gasteiger charge is 2.16. The van der Waals surface area contributed by atoms with Crippen LogP contribution in [0.4, 0.5) is 5.69 Å². The summed E-state index contributed by atoms with van der Waals surface area (Å²) in [6.07, 6.45) is 6.10. The Labute approximate surface area is 167 Å². The average molecular weight is 442 g/mol. The number of nitrogens with zero attached hydrogens (tertiary/aromatic N) is 3. The highest BCUT2D eigenvalue weighted by atomic mass is 79.9. The van der Waals surface area contributed by atoms with Crippen molar-refractivity contribution < 1.29 is 9.72 Å². The Kier molecular flexibility index (Phi) is 6.10. The minimum atomic E-state index is -0.460. The maximum Gasteiger partial charge on any atom is 0.283 e. The van der Waals surface area contributed by atoms with Gasteiger partial charge in [-0.1, -0.05) is 40.2 Å². The Morgan fingerprint density at radius 1 is 1.11 bits per heavy atom. The Balaban J connectivity index is 1.85. The van der Waals surface area contributed by atoms with E-state index < -0.39 is 4.92 Å². The Morgan fingerprint density at radius 3 is 2.56 bits per heavy atom. The summed E-state index contributed by atoms with van der Waals surface area (Å²) in [4.78, 5) is 31.8. The van der Waals surface area contributed by atoms with Crippen LogP contribution in [-0.4, -0.2) is 20.7 Å². The Morgan fingerprint density at radius 2 is 1.85 bits per heavy atom. The molecule has 27 heavy (non-hydrogen) atoms. The third kappa shape index (κ3) is 4.87. The topological polar surface area (TPSA) is 86.0 Å². The molecular weight excluding hydrogens is 430 g/mol. The largest absolute Gasteiger partial charge is 0.289 e. The smallest absolute Gasteiger partial charge is 0.283 e.